The third-order valence-corrected chi connectivity index (χ3v) is 5.01. The molecule has 0 N–H and O–H groups in total. The summed E-state index contributed by atoms with van der Waals surface area (Å²) in [5.74, 6) is -0.486. The third-order valence-electron chi connectivity index (χ3n) is 3.52. The summed E-state index contributed by atoms with van der Waals surface area (Å²) in [5, 5.41) is 1.54. The minimum absolute atomic E-state index is 0.0745. The van der Waals surface area contributed by atoms with Crippen LogP contribution < -0.4 is 4.74 Å². The predicted octanol–water partition coefficient (Wildman–Crippen LogP) is 3.17. The van der Waals surface area contributed by atoms with Gasteiger partial charge in [0.05, 0.1) is 18.0 Å². The molecule has 8 heteroatoms. The predicted molar refractivity (Wildman–Crippen MR) is 86.8 cm³/mol. The van der Waals surface area contributed by atoms with E-state index in [4.69, 9.17) is 20.6 Å². The number of rotatable bonds is 5. The van der Waals surface area contributed by atoms with Gasteiger partial charge in [0.2, 0.25) is 0 Å². The van der Waals surface area contributed by atoms with Gasteiger partial charge in [0.1, 0.15) is 6.10 Å². The molecule has 1 heterocycles. The third kappa shape index (κ3) is 3.87. The van der Waals surface area contributed by atoms with E-state index in [0.717, 1.165) is 11.6 Å². The fourth-order valence-corrected chi connectivity index (χ4v) is 3.29. The van der Waals surface area contributed by atoms with Gasteiger partial charge in [-0.2, -0.15) is 17.8 Å². The first-order chi connectivity index (χ1) is 11.3. The van der Waals surface area contributed by atoms with Crippen molar-refractivity contribution in [1.82, 2.24) is 5.06 Å². The number of aryl methyl sites for hydroxylation is 1. The summed E-state index contributed by atoms with van der Waals surface area (Å²) < 4.78 is 48.4. The normalized spacial score (nSPS) is 16.0. The number of hydrogen-bond acceptors (Lipinski definition) is 5. The highest BCUT2D eigenvalue weighted by Crippen LogP contribution is 2.25. The maximum atomic E-state index is 13.6. The molecule has 1 fully saturated rings. The van der Waals surface area contributed by atoms with E-state index in [1.165, 1.54) is 29.3 Å². The standard InChI is InChI=1S/C16H15ClFNO4S/c1-11-2-5-14(6-3-11)24(20,21)23-19-9-13(10-19)22-16-7-4-12(17)8-15(16)18/h2-8,13H,9-10H2,1H3. The van der Waals surface area contributed by atoms with Crippen LogP contribution in [0.3, 0.4) is 0 Å². The van der Waals surface area contributed by atoms with Crippen LogP contribution in [0, 0.1) is 12.7 Å². The molecule has 0 saturated carbocycles. The van der Waals surface area contributed by atoms with Crippen molar-refractivity contribution in [3.8, 4) is 5.75 Å². The number of hydrogen-bond donors (Lipinski definition) is 0. The molecule has 1 saturated heterocycles. The molecule has 0 radical (unpaired) electrons. The van der Waals surface area contributed by atoms with Gasteiger partial charge in [-0.15, -0.1) is 0 Å². The Balaban J connectivity index is 1.56. The second kappa shape index (κ2) is 6.68. The Bertz CT molecular complexity index is 836. The van der Waals surface area contributed by atoms with Crippen LogP contribution in [-0.4, -0.2) is 32.7 Å². The van der Waals surface area contributed by atoms with E-state index >= 15 is 0 Å². The van der Waals surface area contributed by atoms with Crippen LogP contribution in [0.25, 0.3) is 0 Å². The Morgan fingerprint density at radius 1 is 1.17 bits per heavy atom. The van der Waals surface area contributed by atoms with Crippen molar-refractivity contribution in [3.05, 3.63) is 58.9 Å². The summed E-state index contributed by atoms with van der Waals surface area (Å²) in [6.07, 6.45) is -0.353. The first-order valence-electron chi connectivity index (χ1n) is 7.21. The molecule has 0 unspecified atom stereocenters. The zero-order valence-electron chi connectivity index (χ0n) is 12.8. The number of ether oxygens (including phenoxy) is 1. The molecule has 128 valence electrons. The average Bonchev–Trinajstić information content (AvgIpc) is 2.47. The first kappa shape index (κ1) is 17.2. The monoisotopic (exact) mass is 371 g/mol. The van der Waals surface area contributed by atoms with Crippen molar-refractivity contribution in [1.29, 1.82) is 0 Å². The van der Waals surface area contributed by atoms with Gasteiger partial charge >= 0.3 is 10.1 Å². The Hall–Kier alpha value is -1.67. The summed E-state index contributed by atoms with van der Waals surface area (Å²) >= 11 is 5.67. The van der Waals surface area contributed by atoms with Gasteiger partial charge in [0, 0.05) is 5.02 Å². The first-order valence-corrected chi connectivity index (χ1v) is 9.00. The molecule has 0 bridgehead atoms. The van der Waals surface area contributed by atoms with Crippen molar-refractivity contribution in [3.63, 3.8) is 0 Å². The topological polar surface area (TPSA) is 55.8 Å². The van der Waals surface area contributed by atoms with E-state index in [0.29, 0.717) is 0 Å². The van der Waals surface area contributed by atoms with Gasteiger partial charge in [0.25, 0.3) is 0 Å². The number of nitrogens with zero attached hydrogens (tertiary/aromatic N) is 1. The second-order valence-corrected chi connectivity index (χ2v) is 7.47. The van der Waals surface area contributed by atoms with Crippen molar-refractivity contribution in [2.45, 2.75) is 17.9 Å². The lowest BCUT2D eigenvalue weighted by Crippen LogP contribution is -2.54. The fourth-order valence-electron chi connectivity index (χ4n) is 2.17. The lowest BCUT2D eigenvalue weighted by Gasteiger charge is -2.36. The number of halogens is 2. The van der Waals surface area contributed by atoms with Gasteiger partial charge in [-0.3, -0.25) is 0 Å². The molecule has 2 aromatic carbocycles. The van der Waals surface area contributed by atoms with Crippen LogP contribution in [0.15, 0.2) is 47.4 Å². The smallest absolute Gasteiger partial charge is 0.313 e. The van der Waals surface area contributed by atoms with Crippen LogP contribution in [0.2, 0.25) is 5.02 Å². The molecule has 0 spiro atoms. The minimum Gasteiger partial charge on any atom is -0.484 e. The van der Waals surface area contributed by atoms with Crippen LogP contribution in [-0.2, 0) is 14.4 Å². The maximum absolute atomic E-state index is 13.6. The molecule has 1 aliphatic heterocycles. The zero-order chi connectivity index (χ0) is 17.3. The SMILES string of the molecule is Cc1ccc(S(=O)(=O)ON2CC(Oc3ccc(Cl)cc3F)C2)cc1. The van der Waals surface area contributed by atoms with E-state index in [-0.39, 0.29) is 34.9 Å². The average molecular weight is 372 g/mol. The zero-order valence-corrected chi connectivity index (χ0v) is 14.3. The summed E-state index contributed by atoms with van der Waals surface area (Å²) in [7, 11) is -3.87. The minimum atomic E-state index is -3.87. The maximum Gasteiger partial charge on any atom is 0.313 e. The molecule has 5 nitrogen and oxygen atoms in total. The van der Waals surface area contributed by atoms with E-state index < -0.39 is 15.9 Å². The summed E-state index contributed by atoms with van der Waals surface area (Å²) in [4.78, 5) is 0.0845. The molecule has 3 rings (SSSR count). The van der Waals surface area contributed by atoms with Gasteiger partial charge in [-0.1, -0.05) is 29.3 Å². The molecule has 24 heavy (non-hydrogen) atoms. The van der Waals surface area contributed by atoms with Gasteiger partial charge < -0.3 is 4.74 Å². The van der Waals surface area contributed by atoms with Crippen molar-refractivity contribution in [2.75, 3.05) is 13.1 Å². The molecular formula is C16H15ClFNO4S. The largest absolute Gasteiger partial charge is 0.484 e. The molecule has 0 aromatic heterocycles. The van der Waals surface area contributed by atoms with E-state index in [1.54, 1.807) is 12.1 Å². The lowest BCUT2D eigenvalue weighted by atomic mass is 10.2. The molecule has 0 amide bonds. The summed E-state index contributed by atoms with van der Waals surface area (Å²) in [6.45, 7) is 2.30. The Labute approximate surface area is 144 Å². The van der Waals surface area contributed by atoms with Gasteiger partial charge in [-0.05, 0) is 37.3 Å². The van der Waals surface area contributed by atoms with Crippen molar-refractivity contribution < 1.29 is 21.8 Å². The Morgan fingerprint density at radius 3 is 2.46 bits per heavy atom. The van der Waals surface area contributed by atoms with Gasteiger partial charge in [0.15, 0.2) is 11.6 Å². The van der Waals surface area contributed by atoms with Crippen LogP contribution in [0.5, 0.6) is 5.75 Å². The molecule has 0 aliphatic carbocycles. The summed E-state index contributed by atoms with van der Waals surface area (Å²) in [6, 6.07) is 10.5. The highest BCUT2D eigenvalue weighted by Gasteiger charge is 2.34. The lowest BCUT2D eigenvalue weighted by molar-refractivity contribution is -0.155. The highest BCUT2D eigenvalue weighted by atomic mass is 35.5. The van der Waals surface area contributed by atoms with Gasteiger partial charge in [-0.25, -0.2) is 4.39 Å². The molecule has 2 aromatic rings. The highest BCUT2D eigenvalue weighted by molar-refractivity contribution is 7.86. The molecule has 0 atom stereocenters. The van der Waals surface area contributed by atoms with E-state index in [1.807, 2.05) is 6.92 Å². The van der Waals surface area contributed by atoms with Crippen LogP contribution >= 0.6 is 11.6 Å². The second-order valence-electron chi connectivity index (χ2n) is 5.50. The van der Waals surface area contributed by atoms with E-state index in [9.17, 15) is 12.8 Å². The van der Waals surface area contributed by atoms with Crippen molar-refractivity contribution >= 4 is 21.7 Å². The Kier molecular flexibility index (Phi) is 4.78. The van der Waals surface area contributed by atoms with E-state index in [2.05, 4.69) is 0 Å². The number of benzene rings is 2. The Morgan fingerprint density at radius 2 is 1.83 bits per heavy atom. The fraction of sp³-hybridized carbons (Fsp3) is 0.250. The van der Waals surface area contributed by atoms with Crippen LogP contribution in [0.4, 0.5) is 4.39 Å². The number of hydroxylamine groups is 2. The van der Waals surface area contributed by atoms with Crippen molar-refractivity contribution in [2.24, 2.45) is 0 Å². The van der Waals surface area contributed by atoms with Crippen LogP contribution in [0.1, 0.15) is 5.56 Å². The molecular weight excluding hydrogens is 357 g/mol. The quantitative estimate of drug-likeness (QED) is 0.808. The molecule has 1 aliphatic rings. The summed E-state index contributed by atoms with van der Waals surface area (Å²) in [5.41, 5.74) is 0.955.